The van der Waals surface area contributed by atoms with E-state index in [1.165, 1.54) is 11.8 Å². The third-order valence-corrected chi connectivity index (χ3v) is 3.93. The fourth-order valence-electron chi connectivity index (χ4n) is 1.32. The molecule has 3 nitrogen and oxygen atoms in total. The lowest BCUT2D eigenvalue weighted by Crippen LogP contribution is -2.12. The second-order valence-corrected chi connectivity index (χ2v) is 5.32. The maximum absolute atomic E-state index is 7.42. The van der Waals surface area contributed by atoms with Gasteiger partial charge in [0, 0.05) is 21.7 Å². The van der Waals surface area contributed by atoms with Gasteiger partial charge >= 0.3 is 0 Å². The first kappa shape index (κ1) is 13.2. The lowest BCUT2D eigenvalue weighted by molar-refractivity contribution is 1.12. The molecule has 2 rings (SSSR count). The van der Waals surface area contributed by atoms with Crippen LogP contribution in [0.15, 0.2) is 46.5 Å². The van der Waals surface area contributed by atoms with E-state index in [9.17, 15) is 0 Å². The van der Waals surface area contributed by atoms with Gasteiger partial charge in [-0.15, -0.1) is 0 Å². The van der Waals surface area contributed by atoms with Crippen molar-refractivity contribution in [2.45, 2.75) is 9.92 Å². The Morgan fingerprint density at radius 2 is 1.83 bits per heavy atom. The first-order valence-electron chi connectivity index (χ1n) is 5.00. The summed E-state index contributed by atoms with van der Waals surface area (Å²) in [7, 11) is 0. The van der Waals surface area contributed by atoms with E-state index in [4.69, 9.17) is 34.3 Å². The van der Waals surface area contributed by atoms with E-state index < -0.39 is 0 Å². The van der Waals surface area contributed by atoms with Crippen LogP contribution >= 0.6 is 35.0 Å². The topological polar surface area (TPSA) is 62.8 Å². The predicted molar refractivity (Wildman–Crippen MR) is 75.8 cm³/mol. The van der Waals surface area contributed by atoms with Gasteiger partial charge in [-0.2, -0.15) is 0 Å². The van der Waals surface area contributed by atoms with Crippen LogP contribution in [0.5, 0.6) is 0 Å². The highest BCUT2D eigenvalue weighted by atomic mass is 35.5. The number of hydrogen-bond donors (Lipinski definition) is 2. The maximum Gasteiger partial charge on any atom is 0.124 e. The molecular weight excluding hydrogens is 289 g/mol. The highest BCUT2D eigenvalue weighted by Crippen LogP contribution is 2.33. The molecule has 3 N–H and O–H groups in total. The van der Waals surface area contributed by atoms with Crippen molar-refractivity contribution in [3.05, 3.63) is 52.1 Å². The summed E-state index contributed by atoms with van der Waals surface area (Å²) in [6.07, 6.45) is 1.58. The number of hydrogen-bond acceptors (Lipinski definition) is 3. The number of amidine groups is 1. The van der Waals surface area contributed by atoms with Crippen molar-refractivity contribution >= 4 is 40.8 Å². The monoisotopic (exact) mass is 297 g/mol. The molecule has 0 radical (unpaired) electrons. The summed E-state index contributed by atoms with van der Waals surface area (Å²) in [6.45, 7) is 0. The van der Waals surface area contributed by atoms with Crippen LogP contribution in [0.25, 0.3) is 0 Å². The normalized spacial score (nSPS) is 10.3. The minimum atomic E-state index is -0.0691. The molecule has 1 aromatic heterocycles. The van der Waals surface area contributed by atoms with Gasteiger partial charge < -0.3 is 5.73 Å². The van der Waals surface area contributed by atoms with E-state index >= 15 is 0 Å². The van der Waals surface area contributed by atoms with E-state index in [2.05, 4.69) is 4.98 Å². The Morgan fingerprint density at radius 1 is 1.17 bits per heavy atom. The van der Waals surface area contributed by atoms with E-state index in [0.29, 0.717) is 20.6 Å². The van der Waals surface area contributed by atoms with E-state index in [1.807, 2.05) is 12.1 Å². The first-order valence-corrected chi connectivity index (χ1v) is 6.57. The van der Waals surface area contributed by atoms with E-state index in [1.54, 1.807) is 24.4 Å². The third kappa shape index (κ3) is 2.96. The zero-order valence-electron chi connectivity index (χ0n) is 9.15. The van der Waals surface area contributed by atoms with Gasteiger partial charge in [0.15, 0.2) is 0 Å². The molecule has 0 spiro atoms. The SMILES string of the molecule is N=C(N)c1ccnc(Sc2ccc(Cl)cc2)c1Cl. The Bertz CT molecular complexity index is 584. The summed E-state index contributed by atoms with van der Waals surface area (Å²) >= 11 is 13.4. The number of aromatic nitrogens is 1. The lowest BCUT2D eigenvalue weighted by Gasteiger charge is -2.07. The molecule has 0 aliphatic rings. The molecule has 0 bridgehead atoms. The number of nitrogens with one attached hydrogen (secondary N) is 1. The Balaban J connectivity index is 2.32. The van der Waals surface area contributed by atoms with Gasteiger partial charge in [0.2, 0.25) is 0 Å². The molecule has 18 heavy (non-hydrogen) atoms. The molecule has 0 amide bonds. The van der Waals surface area contributed by atoms with Crippen LogP contribution in [0.4, 0.5) is 0 Å². The van der Waals surface area contributed by atoms with Crippen LogP contribution in [0, 0.1) is 5.41 Å². The number of halogens is 2. The minimum Gasteiger partial charge on any atom is -0.384 e. The summed E-state index contributed by atoms with van der Waals surface area (Å²) < 4.78 is 0. The smallest absolute Gasteiger partial charge is 0.124 e. The average molecular weight is 298 g/mol. The van der Waals surface area contributed by atoms with Gasteiger partial charge in [-0.05, 0) is 30.3 Å². The number of nitrogens with zero attached hydrogens (tertiary/aromatic N) is 1. The standard InChI is InChI=1S/C12H9Cl2N3S/c13-7-1-3-8(4-2-7)18-12-10(14)9(11(15)16)5-6-17-12/h1-6H,(H3,15,16). The molecule has 1 heterocycles. The zero-order chi connectivity index (χ0) is 13.1. The molecule has 0 saturated heterocycles. The Morgan fingerprint density at radius 3 is 2.44 bits per heavy atom. The van der Waals surface area contributed by atoms with Gasteiger partial charge in [-0.25, -0.2) is 4.98 Å². The summed E-state index contributed by atoms with van der Waals surface area (Å²) in [5, 5.41) is 9.11. The Hall–Kier alpha value is -1.23. The second kappa shape index (κ2) is 5.61. The Labute approximate surface area is 119 Å². The van der Waals surface area contributed by atoms with Crippen molar-refractivity contribution in [2.75, 3.05) is 0 Å². The second-order valence-electron chi connectivity index (χ2n) is 3.45. The third-order valence-electron chi connectivity index (χ3n) is 2.18. The van der Waals surface area contributed by atoms with Gasteiger partial charge in [0.1, 0.15) is 10.9 Å². The molecule has 6 heteroatoms. The maximum atomic E-state index is 7.42. The van der Waals surface area contributed by atoms with Crippen molar-refractivity contribution in [1.29, 1.82) is 5.41 Å². The number of pyridine rings is 1. The van der Waals surface area contributed by atoms with Crippen LogP contribution in [0.2, 0.25) is 10.0 Å². The molecule has 0 aliphatic heterocycles. The zero-order valence-corrected chi connectivity index (χ0v) is 11.5. The van der Waals surface area contributed by atoms with Crippen LogP contribution in [0.1, 0.15) is 5.56 Å². The van der Waals surface area contributed by atoms with E-state index in [-0.39, 0.29) is 5.84 Å². The van der Waals surface area contributed by atoms with Crippen molar-refractivity contribution in [1.82, 2.24) is 4.98 Å². The molecule has 0 saturated carbocycles. The number of nitrogen functional groups attached to an aromatic ring is 1. The number of nitrogens with two attached hydrogens (primary N) is 1. The van der Waals surface area contributed by atoms with Crippen molar-refractivity contribution in [3.63, 3.8) is 0 Å². The lowest BCUT2D eigenvalue weighted by atomic mass is 10.2. The largest absolute Gasteiger partial charge is 0.384 e. The summed E-state index contributed by atoms with van der Waals surface area (Å²) in [5.74, 6) is -0.0691. The van der Waals surface area contributed by atoms with Gasteiger partial charge in [0.25, 0.3) is 0 Å². The summed E-state index contributed by atoms with van der Waals surface area (Å²) in [6, 6.07) is 8.98. The molecule has 0 aliphatic carbocycles. The van der Waals surface area contributed by atoms with Crippen LogP contribution in [-0.2, 0) is 0 Å². The van der Waals surface area contributed by atoms with Crippen molar-refractivity contribution < 1.29 is 0 Å². The first-order chi connectivity index (χ1) is 8.58. The fourth-order valence-corrected chi connectivity index (χ4v) is 2.58. The quantitative estimate of drug-likeness (QED) is 0.668. The fraction of sp³-hybridized carbons (Fsp3) is 0. The molecular formula is C12H9Cl2N3S. The minimum absolute atomic E-state index is 0.0691. The molecule has 0 atom stereocenters. The number of rotatable bonds is 3. The Kier molecular flexibility index (Phi) is 4.11. The van der Waals surface area contributed by atoms with Crippen molar-refractivity contribution in [2.24, 2.45) is 5.73 Å². The summed E-state index contributed by atoms with van der Waals surface area (Å²) in [4.78, 5) is 5.15. The highest BCUT2D eigenvalue weighted by molar-refractivity contribution is 7.99. The average Bonchev–Trinajstić information content (AvgIpc) is 2.34. The van der Waals surface area contributed by atoms with E-state index in [0.717, 1.165) is 4.90 Å². The predicted octanol–water partition coefficient (Wildman–Crippen LogP) is 3.82. The molecule has 0 unspecified atom stereocenters. The van der Waals surface area contributed by atoms with Crippen molar-refractivity contribution in [3.8, 4) is 0 Å². The van der Waals surface area contributed by atoms with Gasteiger partial charge in [-0.3, -0.25) is 5.41 Å². The number of benzene rings is 1. The molecule has 0 fully saturated rings. The van der Waals surface area contributed by atoms with Crippen LogP contribution in [0.3, 0.4) is 0 Å². The molecule has 2 aromatic rings. The molecule has 1 aromatic carbocycles. The highest BCUT2D eigenvalue weighted by Gasteiger charge is 2.10. The van der Waals surface area contributed by atoms with Gasteiger partial charge in [0.05, 0.1) is 5.02 Å². The van der Waals surface area contributed by atoms with Crippen LogP contribution < -0.4 is 5.73 Å². The van der Waals surface area contributed by atoms with Gasteiger partial charge in [-0.1, -0.05) is 35.0 Å². The van der Waals surface area contributed by atoms with Crippen LogP contribution in [-0.4, -0.2) is 10.8 Å². The summed E-state index contributed by atoms with van der Waals surface area (Å²) in [5.41, 5.74) is 5.93. The molecule has 92 valence electrons.